The van der Waals surface area contributed by atoms with Crippen LogP contribution in [0.25, 0.3) is 6.08 Å². The summed E-state index contributed by atoms with van der Waals surface area (Å²) in [7, 11) is 3.27. The Labute approximate surface area is 142 Å². The van der Waals surface area contributed by atoms with Gasteiger partial charge in [-0.25, -0.2) is 4.79 Å². The normalized spacial score (nSPS) is 10.4. The first-order valence-electron chi connectivity index (χ1n) is 7.70. The maximum atomic E-state index is 11.8. The first kappa shape index (κ1) is 17.4. The standard InChI is InChI=1S/C19H22N2O3/c1-23-17-9-7-15(8-10-17)11-13-20-19(22)21-14-12-16-5-3-4-6-18(16)24-2/h3-11,13H,12,14H2,1-2H3,(H2,20,21,22)/b13-11+. The molecule has 0 aliphatic heterocycles. The second-order valence-electron chi connectivity index (χ2n) is 5.07. The summed E-state index contributed by atoms with van der Waals surface area (Å²) >= 11 is 0. The summed E-state index contributed by atoms with van der Waals surface area (Å²) in [6, 6.07) is 15.1. The van der Waals surface area contributed by atoms with Crippen molar-refractivity contribution in [3.05, 3.63) is 65.9 Å². The van der Waals surface area contributed by atoms with Crippen LogP contribution in [0.15, 0.2) is 54.7 Å². The molecule has 0 fully saturated rings. The number of benzene rings is 2. The van der Waals surface area contributed by atoms with Crippen LogP contribution in [0.4, 0.5) is 4.79 Å². The first-order chi connectivity index (χ1) is 11.7. The van der Waals surface area contributed by atoms with Gasteiger partial charge in [-0.1, -0.05) is 30.3 Å². The van der Waals surface area contributed by atoms with Gasteiger partial charge in [0.15, 0.2) is 0 Å². The number of urea groups is 1. The van der Waals surface area contributed by atoms with Gasteiger partial charge in [0.25, 0.3) is 0 Å². The molecule has 2 amide bonds. The van der Waals surface area contributed by atoms with Crippen LogP contribution < -0.4 is 20.1 Å². The summed E-state index contributed by atoms with van der Waals surface area (Å²) in [5, 5.41) is 5.49. The van der Waals surface area contributed by atoms with E-state index < -0.39 is 0 Å². The van der Waals surface area contributed by atoms with E-state index in [0.717, 1.165) is 22.6 Å². The molecule has 0 atom stereocenters. The lowest BCUT2D eigenvalue weighted by Gasteiger charge is -2.08. The molecule has 2 N–H and O–H groups in total. The van der Waals surface area contributed by atoms with Crippen molar-refractivity contribution < 1.29 is 14.3 Å². The van der Waals surface area contributed by atoms with Crippen LogP contribution in [-0.4, -0.2) is 26.8 Å². The molecule has 2 aromatic rings. The molecule has 0 saturated carbocycles. The van der Waals surface area contributed by atoms with E-state index in [0.29, 0.717) is 13.0 Å². The van der Waals surface area contributed by atoms with E-state index >= 15 is 0 Å². The molecule has 0 aliphatic rings. The first-order valence-corrected chi connectivity index (χ1v) is 7.70. The van der Waals surface area contributed by atoms with Crippen molar-refractivity contribution in [3.8, 4) is 11.5 Å². The maximum Gasteiger partial charge on any atom is 0.318 e. The van der Waals surface area contributed by atoms with Crippen molar-refractivity contribution in [1.82, 2.24) is 10.6 Å². The van der Waals surface area contributed by atoms with E-state index in [9.17, 15) is 4.79 Å². The Balaban J connectivity index is 1.73. The van der Waals surface area contributed by atoms with E-state index in [-0.39, 0.29) is 6.03 Å². The molecule has 0 saturated heterocycles. The molecule has 0 spiro atoms. The van der Waals surface area contributed by atoms with Crippen LogP contribution in [0.2, 0.25) is 0 Å². The van der Waals surface area contributed by atoms with Gasteiger partial charge in [0.05, 0.1) is 14.2 Å². The third-order valence-corrected chi connectivity index (χ3v) is 3.48. The summed E-state index contributed by atoms with van der Waals surface area (Å²) < 4.78 is 10.4. The van der Waals surface area contributed by atoms with Crippen molar-refractivity contribution in [3.63, 3.8) is 0 Å². The molecule has 0 unspecified atom stereocenters. The summed E-state index contributed by atoms with van der Waals surface area (Å²) in [6.07, 6.45) is 4.14. The minimum absolute atomic E-state index is 0.241. The van der Waals surface area contributed by atoms with Crippen molar-refractivity contribution in [1.29, 1.82) is 0 Å². The fourth-order valence-electron chi connectivity index (χ4n) is 2.20. The lowest BCUT2D eigenvalue weighted by Crippen LogP contribution is -2.33. The zero-order valence-corrected chi connectivity index (χ0v) is 13.9. The fraction of sp³-hybridized carbons (Fsp3) is 0.211. The Morgan fingerprint density at radius 3 is 2.50 bits per heavy atom. The Hall–Kier alpha value is -2.95. The quantitative estimate of drug-likeness (QED) is 0.821. The second-order valence-corrected chi connectivity index (χ2v) is 5.07. The topological polar surface area (TPSA) is 59.6 Å². The van der Waals surface area contributed by atoms with Gasteiger partial charge < -0.3 is 20.1 Å². The van der Waals surface area contributed by atoms with Gasteiger partial charge in [0.2, 0.25) is 0 Å². The molecule has 0 aliphatic carbocycles. The van der Waals surface area contributed by atoms with Crippen molar-refractivity contribution in [2.75, 3.05) is 20.8 Å². The average Bonchev–Trinajstić information content (AvgIpc) is 2.62. The minimum Gasteiger partial charge on any atom is -0.497 e. The number of hydrogen-bond acceptors (Lipinski definition) is 3. The minimum atomic E-state index is -0.241. The zero-order valence-electron chi connectivity index (χ0n) is 13.9. The molecule has 0 aromatic heterocycles. The van der Waals surface area contributed by atoms with E-state index in [1.807, 2.05) is 54.6 Å². The molecule has 5 nitrogen and oxygen atoms in total. The van der Waals surface area contributed by atoms with E-state index in [2.05, 4.69) is 10.6 Å². The summed E-state index contributed by atoms with van der Waals surface area (Å²) in [6.45, 7) is 0.530. The Kier molecular flexibility index (Phi) is 6.71. The zero-order chi connectivity index (χ0) is 17.2. The predicted octanol–water partition coefficient (Wildman–Crippen LogP) is 3.22. The van der Waals surface area contributed by atoms with Gasteiger partial charge in [-0.05, 0) is 41.8 Å². The van der Waals surface area contributed by atoms with Gasteiger partial charge >= 0.3 is 6.03 Å². The van der Waals surface area contributed by atoms with Gasteiger partial charge in [-0.15, -0.1) is 0 Å². The van der Waals surface area contributed by atoms with Gasteiger partial charge in [0, 0.05) is 12.7 Å². The molecule has 24 heavy (non-hydrogen) atoms. The van der Waals surface area contributed by atoms with Crippen LogP contribution in [0, 0.1) is 0 Å². The molecular formula is C19H22N2O3. The molecule has 126 valence electrons. The summed E-state index contributed by atoms with van der Waals surface area (Å²) in [4.78, 5) is 11.8. The van der Waals surface area contributed by atoms with Crippen molar-refractivity contribution >= 4 is 12.1 Å². The van der Waals surface area contributed by atoms with Crippen LogP contribution in [0.3, 0.4) is 0 Å². The number of para-hydroxylation sites is 1. The third kappa shape index (κ3) is 5.35. The smallest absolute Gasteiger partial charge is 0.318 e. The Bertz CT molecular complexity index is 681. The largest absolute Gasteiger partial charge is 0.497 e. The maximum absolute atomic E-state index is 11.8. The van der Waals surface area contributed by atoms with Crippen molar-refractivity contribution in [2.45, 2.75) is 6.42 Å². The lowest BCUT2D eigenvalue weighted by molar-refractivity contribution is 0.244. The van der Waals surface area contributed by atoms with Gasteiger partial charge in [0.1, 0.15) is 11.5 Å². The van der Waals surface area contributed by atoms with E-state index in [1.165, 1.54) is 0 Å². The van der Waals surface area contributed by atoms with E-state index in [1.54, 1.807) is 20.4 Å². The molecule has 0 bridgehead atoms. The second kappa shape index (κ2) is 9.25. The van der Waals surface area contributed by atoms with Crippen LogP contribution >= 0.6 is 0 Å². The lowest BCUT2D eigenvalue weighted by atomic mass is 10.1. The van der Waals surface area contributed by atoms with Crippen molar-refractivity contribution in [2.24, 2.45) is 0 Å². The highest BCUT2D eigenvalue weighted by molar-refractivity contribution is 5.75. The monoisotopic (exact) mass is 326 g/mol. The number of rotatable bonds is 7. The predicted molar refractivity (Wildman–Crippen MR) is 95.3 cm³/mol. The fourth-order valence-corrected chi connectivity index (χ4v) is 2.20. The van der Waals surface area contributed by atoms with Crippen LogP contribution in [-0.2, 0) is 6.42 Å². The Morgan fingerprint density at radius 1 is 1.04 bits per heavy atom. The SMILES string of the molecule is COc1ccc(/C=C/NC(=O)NCCc2ccccc2OC)cc1. The molecule has 5 heteroatoms. The molecule has 0 radical (unpaired) electrons. The van der Waals surface area contributed by atoms with Gasteiger partial charge in [-0.3, -0.25) is 0 Å². The molecule has 0 heterocycles. The van der Waals surface area contributed by atoms with E-state index in [4.69, 9.17) is 9.47 Å². The number of carbonyl (C=O) groups is 1. The summed E-state index contributed by atoms with van der Waals surface area (Å²) in [5.74, 6) is 1.63. The molecular weight excluding hydrogens is 304 g/mol. The molecule has 2 rings (SSSR count). The average molecular weight is 326 g/mol. The number of nitrogens with one attached hydrogen (secondary N) is 2. The molecule has 2 aromatic carbocycles. The highest BCUT2D eigenvalue weighted by Crippen LogP contribution is 2.17. The number of hydrogen-bond donors (Lipinski definition) is 2. The highest BCUT2D eigenvalue weighted by Gasteiger charge is 2.02. The van der Waals surface area contributed by atoms with Gasteiger partial charge in [-0.2, -0.15) is 0 Å². The summed E-state index contributed by atoms with van der Waals surface area (Å²) in [5.41, 5.74) is 2.04. The highest BCUT2D eigenvalue weighted by atomic mass is 16.5. The third-order valence-electron chi connectivity index (χ3n) is 3.48. The number of methoxy groups -OCH3 is 2. The number of ether oxygens (including phenoxy) is 2. The Morgan fingerprint density at radius 2 is 1.79 bits per heavy atom. The number of carbonyl (C=O) groups excluding carboxylic acids is 1. The van der Waals surface area contributed by atoms with Crippen LogP contribution in [0.5, 0.6) is 11.5 Å². The number of amides is 2. The van der Waals surface area contributed by atoms with Crippen LogP contribution in [0.1, 0.15) is 11.1 Å².